The summed E-state index contributed by atoms with van der Waals surface area (Å²) in [5, 5.41) is 0. The summed E-state index contributed by atoms with van der Waals surface area (Å²) in [5.41, 5.74) is 3.50. The molecule has 0 amide bonds. The SMILES string of the molecule is Cc1ccn2c(=O)cc(CSCc3ccc(F)cc3)nc2c1. The van der Waals surface area contributed by atoms with Crippen LogP contribution in [0, 0.1) is 12.7 Å². The highest BCUT2D eigenvalue weighted by Crippen LogP contribution is 2.17. The fourth-order valence-corrected chi connectivity index (χ4v) is 3.07. The molecule has 0 atom stereocenters. The quantitative estimate of drug-likeness (QED) is 0.738. The Balaban J connectivity index is 1.73. The van der Waals surface area contributed by atoms with Gasteiger partial charge in [-0.1, -0.05) is 12.1 Å². The summed E-state index contributed by atoms with van der Waals surface area (Å²) >= 11 is 1.65. The smallest absolute Gasteiger partial charge is 0.258 e. The van der Waals surface area contributed by atoms with Gasteiger partial charge in [-0.2, -0.15) is 11.8 Å². The number of hydrogen-bond donors (Lipinski definition) is 0. The number of nitrogens with zero attached hydrogens (tertiary/aromatic N) is 2. The van der Waals surface area contributed by atoms with Gasteiger partial charge >= 0.3 is 0 Å². The first kappa shape index (κ1) is 14.8. The number of pyridine rings is 1. The zero-order chi connectivity index (χ0) is 15.5. The Bertz CT molecular complexity index is 859. The molecule has 22 heavy (non-hydrogen) atoms. The molecule has 0 saturated carbocycles. The van der Waals surface area contributed by atoms with Crippen LogP contribution in [-0.4, -0.2) is 9.38 Å². The minimum Gasteiger partial charge on any atom is -0.269 e. The molecule has 3 aromatic rings. The third-order valence-electron chi connectivity index (χ3n) is 3.31. The summed E-state index contributed by atoms with van der Waals surface area (Å²) in [5.74, 6) is 1.18. The predicted octanol–water partition coefficient (Wildman–Crippen LogP) is 3.58. The van der Waals surface area contributed by atoms with E-state index in [1.54, 1.807) is 40.6 Å². The molecule has 0 aliphatic heterocycles. The van der Waals surface area contributed by atoms with Gasteiger partial charge in [0, 0.05) is 23.8 Å². The van der Waals surface area contributed by atoms with Crippen molar-refractivity contribution in [2.45, 2.75) is 18.4 Å². The lowest BCUT2D eigenvalue weighted by Gasteiger charge is -2.05. The van der Waals surface area contributed by atoms with E-state index in [9.17, 15) is 9.18 Å². The Morgan fingerprint density at radius 2 is 1.91 bits per heavy atom. The highest BCUT2D eigenvalue weighted by molar-refractivity contribution is 7.97. The van der Waals surface area contributed by atoms with Crippen LogP contribution in [0.3, 0.4) is 0 Å². The number of hydrogen-bond acceptors (Lipinski definition) is 3. The number of thioether (sulfide) groups is 1. The predicted molar refractivity (Wildman–Crippen MR) is 87.6 cm³/mol. The largest absolute Gasteiger partial charge is 0.269 e. The van der Waals surface area contributed by atoms with Gasteiger partial charge in [-0.15, -0.1) is 0 Å². The molecule has 0 aliphatic rings. The van der Waals surface area contributed by atoms with E-state index in [2.05, 4.69) is 4.98 Å². The summed E-state index contributed by atoms with van der Waals surface area (Å²) in [6, 6.07) is 11.8. The van der Waals surface area contributed by atoms with Crippen LogP contribution in [0.15, 0.2) is 53.5 Å². The molecule has 0 spiro atoms. The van der Waals surface area contributed by atoms with Gasteiger partial charge in [0.15, 0.2) is 0 Å². The summed E-state index contributed by atoms with van der Waals surface area (Å²) in [4.78, 5) is 16.6. The lowest BCUT2D eigenvalue weighted by Crippen LogP contribution is -2.15. The van der Waals surface area contributed by atoms with E-state index in [-0.39, 0.29) is 11.4 Å². The first-order valence-corrected chi connectivity index (χ1v) is 8.08. The lowest BCUT2D eigenvalue weighted by molar-refractivity contribution is 0.627. The molecule has 5 heteroatoms. The Labute approximate surface area is 131 Å². The molecule has 3 nitrogen and oxygen atoms in total. The fourth-order valence-electron chi connectivity index (χ4n) is 2.18. The van der Waals surface area contributed by atoms with Crippen molar-refractivity contribution in [3.05, 3.63) is 81.7 Å². The van der Waals surface area contributed by atoms with Crippen LogP contribution >= 0.6 is 11.8 Å². The minimum absolute atomic E-state index is 0.0672. The molecule has 0 bridgehead atoms. The van der Waals surface area contributed by atoms with E-state index in [0.717, 1.165) is 22.6 Å². The van der Waals surface area contributed by atoms with Crippen molar-refractivity contribution in [2.75, 3.05) is 0 Å². The number of aryl methyl sites for hydroxylation is 1. The second kappa shape index (κ2) is 6.32. The average Bonchev–Trinajstić information content (AvgIpc) is 2.49. The molecule has 0 saturated heterocycles. The second-order valence-corrected chi connectivity index (χ2v) is 6.12. The van der Waals surface area contributed by atoms with Crippen LogP contribution in [0.4, 0.5) is 4.39 Å². The van der Waals surface area contributed by atoms with Gasteiger partial charge < -0.3 is 0 Å². The molecule has 0 aliphatic carbocycles. The molecule has 1 aromatic carbocycles. The van der Waals surface area contributed by atoms with E-state index < -0.39 is 0 Å². The third-order valence-corrected chi connectivity index (χ3v) is 4.35. The van der Waals surface area contributed by atoms with Crippen LogP contribution in [-0.2, 0) is 11.5 Å². The first-order chi connectivity index (χ1) is 10.6. The molecule has 0 radical (unpaired) electrons. The molecule has 2 aromatic heterocycles. The van der Waals surface area contributed by atoms with Crippen LogP contribution in [0.2, 0.25) is 0 Å². The van der Waals surface area contributed by atoms with Crippen LogP contribution in [0.5, 0.6) is 0 Å². The van der Waals surface area contributed by atoms with Gasteiger partial charge in [0.1, 0.15) is 11.5 Å². The van der Waals surface area contributed by atoms with Crippen molar-refractivity contribution < 1.29 is 4.39 Å². The Morgan fingerprint density at radius 3 is 2.68 bits per heavy atom. The van der Waals surface area contributed by atoms with Crippen molar-refractivity contribution in [2.24, 2.45) is 0 Å². The van der Waals surface area contributed by atoms with E-state index in [0.29, 0.717) is 11.4 Å². The van der Waals surface area contributed by atoms with Gasteiger partial charge in [-0.25, -0.2) is 9.37 Å². The average molecular weight is 314 g/mol. The number of rotatable bonds is 4. The Kier molecular flexibility index (Phi) is 4.24. The normalized spacial score (nSPS) is 11.0. The van der Waals surface area contributed by atoms with E-state index in [1.807, 2.05) is 19.1 Å². The van der Waals surface area contributed by atoms with Crippen molar-refractivity contribution in [3.8, 4) is 0 Å². The van der Waals surface area contributed by atoms with Crippen molar-refractivity contribution in [1.82, 2.24) is 9.38 Å². The molecular weight excluding hydrogens is 299 g/mol. The highest BCUT2D eigenvalue weighted by Gasteiger charge is 2.03. The number of halogens is 1. The standard InChI is InChI=1S/C17H15FN2OS/c1-12-6-7-20-16(8-12)19-15(9-17(20)21)11-22-10-13-2-4-14(18)5-3-13/h2-9H,10-11H2,1H3. The highest BCUT2D eigenvalue weighted by atomic mass is 32.2. The summed E-state index contributed by atoms with van der Waals surface area (Å²) in [6.45, 7) is 1.97. The maximum atomic E-state index is 12.8. The van der Waals surface area contributed by atoms with E-state index in [4.69, 9.17) is 0 Å². The minimum atomic E-state index is -0.228. The topological polar surface area (TPSA) is 34.4 Å². The number of fused-ring (bicyclic) bond motifs is 1. The second-order valence-electron chi connectivity index (χ2n) is 5.14. The van der Waals surface area contributed by atoms with Crippen LogP contribution in [0.1, 0.15) is 16.8 Å². The van der Waals surface area contributed by atoms with Crippen molar-refractivity contribution >= 4 is 17.4 Å². The van der Waals surface area contributed by atoms with Gasteiger partial charge in [-0.05, 0) is 42.3 Å². The van der Waals surface area contributed by atoms with Gasteiger partial charge in [-0.3, -0.25) is 9.20 Å². The molecular formula is C17H15FN2OS. The summed E-state index contributed by atoms with van der Waals surface area (Å²) in [6.07, 6.45) is 1.75. The first-order valence-electron chi connectivity index (χ1n) is 6.93. The third kappa shape index (κ3) is 3.36. The molecule has 0 unspecified atom stereocenters. The monoisotopic (exact) mass is 314 g/mol. The molecule has 112 valence electrons. The zero-order valence-electron chi connectivity index (χ0n) is 12.1. The van der Waals surface area contributed by atoms with Gasteiger partial charge in [0.05, 0.1) is 5.69 Å². The molecule has 3 rings (SSSR count). The van der Waals surface area contributed by atoms with Crippen LogP contribution < -0.4 is 5.56 Å². The van der Waals surface area contributed by atoms with Crippen molar-refractivity contribution in [3.63, 3.8) is 0 Å². The van der Waals surface area contributed by atoms with Gasteiger partial charge in [0.2, 0.25) is 0 Å². The molecule has 2 heterocycles. The van der Waals surface area contributed by atoms with E-state index >= 15 is 0 Å². The number of aromatic nitrogens is 2. The summed E-state index contributed by atoms with van der Waals surface area (Å²) < 4.78 is 14.4. The Morgan fingerprint density at radius 1 is 1.14 bits per heavy atom. The maximum absolute atomic E-state index is 12.8. The summed E-state index contributed by atoms with van der Waals surface area (Å²) in [7, 11) is 0. The lowest BCUT2D eigenvalue weighted by atomic mass is 10.2. The fraction of sp³-hybridized carbons (Fsp3) is 0.176. The number of benzene rings is 1. The van der Waals surface area contributed by atoms with Crippen molar-refractivity contribution in [1.29, 1.82) is 0 Å². The molecule has 0 fully saturated rings. The molecule has 0 N–H and O–H groups in total. The van der Waals surface area contributed by atoms with Gasteiger partial charge in [0.25, 0.3) is 5.56 Å². The zero-order valence-corrected chi connectivity index (χ0v) is 12.9. The maximum Gasteiger partial charge on any atom is 0.258 e. The Hall–Kier alpha value is -2.14. The van der Waals surface area contributed by atoms with Crippen LogP contribution in [0.25, 0.3) is 5.65 Å². The van der Waals surface area contributed by atoms with E-state index in [1.165, 1.54) is 12.1 Å².